The average Bonchev–Trinajstić information content (AvgIpc) is 2.98. The fourth-order valence-corrected chi connectivity index (χ4v) is 5.74. The first-order valence-electron chi connectivity index (χ1n) is 11.3. The molecule has 0 radical (unpaired) electrons. The zero-order chi connectivity index (χ0) is 20.5. The normalized spacial score (nSPS) is 31.0. The van der Waals surface area contributed by atoms with Gasteiger partial charge in [-0.15, -0.1) is 0 Å². The smallest absolute Gasteiger partial charge is 0.123 e. The minimum atomic E-state index is -0.213. The number of nitrogens with zero attached hydrogens (tertiary/aromatic N) is 2. The lowest BCUT2D eigenvalue weighted by Gasteiger charge is -2.48. The molecule has 156 valence electrons. The van der Waals surface area contributed by atoms with Crippen molar-refractivity contribution in [2.45, 2.75) is 38.1 Å². The maximum absolute atomic E-state index is 13.6. The van der Waals surface area contributed by atoms with Crippen LogP contribution in [-0.2, 0) is 0 Å². The Morgan fingerprint density at radius 2 is 2.10 bits per heavy atom. The molecule has 1 saturated carbocycles. The van der Waals surface area contributed by atoms with E-state index in [9.17, 15) is 4.39 Å². The lowest BCUT2D eigenvalue weighted by molar-refractivity contribution is 0.0441. The van der Waals surface area contributed by atoms with E-state index in [1.807, 2.05) is 12.3 Å². The summed E-state index contributed by atoms with van der Waals surface area (Å²) in [5.41, 5.74) is 2.84. The zero-order valence-electron chi connectivity index (χ0n) is 17.4. The Balaban J connectivity index is 1.34. The summed E-state index contributed by atoms with van der Waals surface area (Å²) in [5, 5.41) is 3.49. The van der Waals surface area contributed by atoms with Crippen molar-refractivity contribution in [3.63, 3.8) is 0 Å². The molecule has 4 aliphatic rings. The molecule has 3 nitrogen and oxygen atoms in total. The van der Waals surface area contributed by atoms with Crippen molar-refractivity contribution in [3.05, 3.63) is 78.0 Å². The van der Waals surface area contributed by atoms with E-state index >= 15 is 0 Å². The fraction of sp³-hybridized carbons (Fsp3) is 0.423. The van der Waals surface area contributed by atoms with Gasteiger partial charge in [0.05, 0.1) is 17.6 Å². The van der Waals surface area contributed by atoms with E-state index in [0.29, 0.717) is 12.0 Å². The Labute approximate surface area is 178 Å². The molecule has 4 heteroatoms. The van der Waals surface area contributed by atoms with Crippen molar-refractivity contribution >= 4 is 11.8 Å². The van der Waals surface area contributed by atoms with Gasteiger partial charge in [-0.05, 0) is 60.4 Å². The van der Waals surface area contributed by atoms with Gasteiger partial charge in [0.15, 0.2) is 0 Å². The molecule has 1 aromatic carbocycles. The first kappa shape index (κ1) is 19.3. The third kappa shape index (κ3) is 3.76. The molecule has 3 fully saturated rings. The van der Waals surface area contributed by atoms with Crippen LogP contribution in [0.4, 0.5) is 4.39 Å². The van der Waals surface area contributed by atoms with E-state index in [1.165, 1.54) is 31.7 Å². The van der Waals surface area contributed by atoms with Gasteiger partial charge < -0.3 is 10.2 Å². The molecule has 1 aliphatic carbocycles. The van der Waals surface area contributed by atoms with Gasteiger partial charge in [0.1, 0.15) is 5.82 Å². The molecule has 3 aliphatic heterocycles. The first-order chi connectivity index (χ1) is 14.7. The highest BCUT2D eigenvalue weighted by atomic mass is 19.1. The Morgan fingerprint density at radius 1 is 1.20 bits per heavy atom. The number of fused-ring (bicyclic) bond motifs is 2. The van der Waals surface area contributed by atoms with Crippen molar-refractivity contribution < 1.29 is 4.39 Å². The van der Waals surface area contributed by atoms with Crippen molar-refractivity contribution in [2.24, 2.45) is 22.7 Å². The molecular formula is C26H30FN3. The number of rotatable bonds is 3. The lowest BCUT2D eigenvalue weighted by atomic mass is 9.67. The van der Waals surface area contributed by atoms with Gasteiger partial charge in [0.25, 0.3) is 0 Å². The van der Waals surface area contributed by atoms with Gasteiger partial charge >= 0.3 is 0 Å². The summed E-state index contributed by atoms with van der Waals surface area (Å²) in [6, 6.07) is 7.23. The highest BCUT2D eigenvalue weighted by Gasteiger charge is 2.45. The van der Waals surface area contributed by atoms with Crippen molar-refractivity contribution in [1.29, 1.82) is 0 Å². The Kier molecular flexibility index (Phi) is 5.32. The van der Waals surface area contributed by atoms with Gasteiger partial charge in [-0.2, -0.15) is 0 Å². The summed E-state index contributed by atoms with van der Waals surface area (Å²) in [6.07, 6.45) is 17.0. The number of benzene rings is 1. The first-order valence-corrected chi connectivity index (χ1v) is 11.3. The standard InChI is InChI=1S/C26H30FN3/c1-18-28-16-26-25(24-11-3-2-6-21(24)17-30(18)26)13-12-23-10-5-8-20(15-29-23)19-7-4-9-22(27)14-19/h4,7-10,12-15,21,24-26,28H,1-3,5-6,11,16-17H2/b13-12+/t21?,24?,25?,26-/m1/s1. The van der Waals surface area contributed by atoms with Crippen LogP contribution in [-0.4, -0.2) is 30.2 Å². The predicted octanol–water partition coefficient (Wildman–Crippen LogP) is 5.30. The molecule has 5 rings (SSSR count). The SMILES string of the molecule is C=C1NC[C@@H]2C(/C=C/C3=CCC=C(c4cccc(F)c4)C=N3)C3CCCCC3CN12. The van der Waals surface area contributed by atoms with Crippen molar-refractivity contribution in [2.75, 3.05) is 13.1 Å². The summed E-state index contributed by atoms with van der Waals surface area (Å²) in [4.78, 5) is 7.22. The second kappa shape index (κ2) is 8.25. The third-order valence-electron chi connectivity index (χ3n) is 7.26. The molecular weight excluding hydrogens is 373 g/mol. The molecule has 2 saturated heterocycles. The summed E-state index contributed by atoms with van der Waals surface area (Å²) in [6.45, 7) is 6.39. The third-order valence-corrected chi connectivity index (χ3v) is 7.26. The largest absolute Gasteiger partial charge is 0.370 e. The Hall–Kier alpha value is -2.62. The molecule has 0 spiro atoms. The topological polar surface area (TPSA) is 27.6 Å². The van der Waals surface area contributed by atoms with E-state index in [1.54, 1.807) is 12.1 Å². The Bertz CT molecular complexity index is 941. The van der Waals surface area contributed by atoms with Crippen LogP contribution in [0.2, 0.25) is 0 Å². The number of hydrogen-bond donors (Lipinski definition) is 1. The van der Waals surface area contributed by atoms with E-state index < -0.39 is 0 Å². The van der Waals surface area contributed by atoms with Gasteiger partial charge in [-0.1, -0.05) is 49.8 Å². The average molecular weight is 404 g/mol. The summed E-state index contributed by atoms with van der Waals surface area (Å²) in [7, 11) is 0. The summed E-state index contributed by atoms with van der Waals surface area (Å²) in [5.74, 6) is 2.95. The second-order valence-electron chi connectivity index (χ2n) is 8.98. The van der Waals surface area contributed by atoms with Crippen LogP contribution in [0.15, 0.2) is 71.7 Å². The lowest BCUT2D eigenvalue weighted by Crippen LogP contribution is -2.51. The van der Waals surface area contributed by atoms with Crippen LogP contribution in [0.25, 0.3) is 5.57 Å². The van der Waals surface area contributed by atoms with Crippen LogP contribution in [0.5, 0.6) is 0 Å². The molecule has 3 unspecified atom stereocenters. The number of hydrogen-bond acceptors (Lipinski definition) is 3. The molecule has 1 aromatic rings. The molecule has 1 N–H and O–H groups in total. The monoisotopic (exact) mass is 403 g/mol. The maximum Gasteiger partial charge on any atom is 0.123 e. The van der Waals surface area contributed by atoms with Crippen molar-refractivity contribution in [3.8, 4) is 0 Å². The van der Waals surface area contributed by atoms with E-state index in [-0.39, 0.29) is 5.82 Å². The molecule has 0 aromatic heterocycles. The molecule has 3 heterocycles. The van der Waals surface area contributed by atoms with Crippen LogP contribution < -0.4 is 5.32 Å². The van der Waals surface area contributed by atoms with Crippen LogP contribution in [0, 0.1) is 23.6 Å². The highest BCUT2D eigenvalue weighted by Crippen LogP contribution is 2.45. The number of allylic oxidation sites excluding steroid dienone is 4. The van der Waals surface area contributed by atoms with Gasteiger partial charge in [-0.25, -0.2) is 4.39 Å². The van der Waals surface area contributed by atoms with E-state index in [4.69, 9.17) is 4.99 Å². The highest BCUT2D eigenvalue weighted by molar-refractivity contribution is 6.10. The second-order valence-corrected chi connectivity index (χ2v) is 8.98. The van der Waals surface area contributed by atoms with Crippen LogP contribution in [0.3, 0.4) is 0 Å². The maximum atomic E-state index is 13.6. The van der Waals surface area contributed by atoms with Gasteiger partial charge in [-0.3, -0.25) is 4.99 Å². The number of nitrogens with one attached hydrogen (secondary N) is 1. The molecule has 0 amide bonds. The number of piperidine rings is 1. The number of aliphatic imine (C=N–C) groups is 1. The van der Waals surface area contributed by atoms with Gasteiger partial charge in [0, 0.05) is 25.2 Å². The van der Waals surface area contributed by atoms with Crippen molar-refractivity contribution in [1.82, 2.24) is 10.2 Å². The summed E-state index contributed by atoms with van der Waals surface area (Å²) < 4.78 is 13.6. The summed E-state index contributed by atoms with van der Waals surface area (Å²) >= 11 is 0. The van der Waals surface area contributed by atoms with Crippen LogP contribution in [0.1, 0.15) is 37.7 Å². The molecule has 0 bridgehead atoms. The zero-order valence-corrected chi connectivity index (χ0v) is 17.4. The molecule has 4 atom stereocenters. The quantitative estimate of drug-likeness (QED) is 0.741. The minimum Gasteiger partial charge on any atom is -0.370 e. The van der Waals surface area contributed by atoms with Crippen LogP contribution >= 0.6 is 0 Å². The van der Waals surface area contributed by atoms with Gasteiger partial charge in [0.2, 0.25) is 0 Å². The Morgan fingerprint density at radius 3 is 3.00 bits per heavy atom. The van der Waals surface area contributed by atoms with E-state index in [2.05, 4.69) is 41.1 Å². The predicted molar refractivity (Wildman–Crippen MR) is 121 cm³/mol. The van der Waals surface area contributed by atoms with E-state index in [0.717, 1.165) is 54.0 Å². The number of halogens is 1. The fourth-order valence-electron chi connectivity index (χ4n) is 5.74. The molecule has 30 heavy (non-hydrogen) atoms. The minimum absolute atomic E-state index is 0.213.